The van der Waals surface area contributed by atoms with Gasteiger partial charge in [-0.25, -0.2) is 0 Å². The Morgan fingerprint density at radius 3 is 2.25 bits per heavy atom. The lowest BCUT2D eigenvalue weighted by Gasteiger charge is -2.15. The summed E-state index contributed by atoms with van der Waals surface area (Å²) in [6, 6.07) is 23.3. The van der Waals surface area contributed by atoms with Gasteiger partial charge in [-0.2, -0.15) is 5.26 Å². The van der Waals surface area contributed by atoms with E-state index in [0.29, 0.717) is 11.3 Å². The van der Waals surface area contributed by atoms with E-state index in [1.165, 1.54) is 17.5 Å². The lowest BCUT2D eigenvalue weighted by Crippen LogP contribution is -2.24. The molecular formula is C25H21NO2. The van der Waals surface area contributed by atoms with Crippen molar-refractivity contribution in [1.29, 1.82) is 5.26 Å². The lowest BCUT2D eigenvalue weighted by molar-refractivity contribution is 0.0818. The van der Waals surface area contributed by atoms with Gasteiger partial charge in [-0.1, -0.05) is 36.4 Å². The number of ether oxygens (including phenoxy) is 1. The molecular weight excluding hydrogens is 346 g/mol. The zero-order chi connectivity index (χ0) is 19.5. The number of carbonyl (C=O) groups is 1. The van der Waals surface area contributed by atoms with Gasteiger partial charge >= 0.3 is 0 Å². The molecule has 0 radical (unpaired) electrons. The van der Waals surface area contributed by atoms with Crippen LogP contribution >= 0.6 is 0 Å². The zero-order valence-electron chi connectivity index (χ0n) is 15.8. The monoisotopic (exact) mass is 367 g/mol. The van der Waals surface area contributed by atoms with E-state index in [2.05, 4.69) is 12.1 Å². The predicted molar refractivity (Wildman–Crippen MR) is 109 cm³/mol. The van der Waals surface area contributed by atoms with Crippen molar-refractivity contribution in [3.63, 3.8) is 0 Å². The third-order valence-electron chi connectivity index (χ3n) is 5.27. The van der Waals surface area contributed by atoms with E-state index in [9.17, 15) is 4.79 Å². The summed E-state index contributed by atoms with van der Waals surface area (Å²) in [4.78, 5) is 12.7. The minimum absolute atomic E-state index is 0.00543. The maximum Gasteiger partial charge on any atom is 0.203 e. The van der Waals surface area contributed by atoms with Crippen LogP contribution in [0, 0.1) is 11.3 Å². The molecule has 3 heteroatoms. The number of hydrogen-bond acceptors (Lipinski definition) is 3. The highest BCUT2D eigenvalue weighted by Gasteiger charge is 2.19. The Labute approximate surface area is 165 Å². The van der Waals surface area contributed by atoms with Gasteiger partial charge in [0, 0.05) is 5.56 Å². The van der Waals surface area contributed by atoms with E-state index in [4.69, 9.17) is 10.00 Å². The number of nitrogens with zero attached hydrogens (tertiary/aromatic N) is 1. The van der Waals surface area contributed by atoms with Gasteiger partial charge in [-0.15, -0.1) is 0 Å². The third kappa shape index (κ3) is 3.68. The zero-order valence-corrected chi connectivity index (χ0v) is 15.8. The molecule has 0 aromatic heterocycles. The molecule has 0 aliphatic heterocycles. The van der Waals surface area contributed by atoms with E-state index >= 15 is 0 Å². The summed E-state index contributed by atoms with van der Waals surface area (Å²) in [5.74, 6) is 0.672. The average Bonchev–Trinajstić information content (AvgIpc) is 3.21. The smallest absolute Gasteiger partial charge is 0.203 e. The number of ketones is 1. The molecule has 3 nitrogen and oxygen atoms in total. The molecule has 1 aliphatic rings. The highest BCUT2D eigenvalue weighted by Crippen LogP contribution is 2.25. The van der Waals surface area contributed by atoms with Crippen molar-refractivity contribution in [2.45, 2.75) is 32.3 Å². The number of carbonyl (C=O) groups excluding carboxylic acids is 1. The molecule has 4 rings (SSSR count). The second-order valence-corrected chi connectivity index (χ2v) is 7.17. The van der Waals surface area contributed by atoms with Crippen LogP contribution in [0.2, 0.25) is 0 Å². The number of hydrogen-bond donors (Lipinski definition) is 0. The van der Waals surface area contributed by atoms with Crippen molar-refractivity contribution in [3.8, 4) is 22.9 Å². The predicted octanol–water partition coefficient (Wildman–Crippen LogP) is 5.36. The van der Waals surface area contributed by atoms with Crippen molar-refractivity contribution >= 4 is 5.78 Å². The van der Waals surface area contributed by atoms with Gasteiger partial charge in [0.2, 0.25) is 5.78 Å². The fraction of sp³-hybridized carbons (Fsp3) is 0.200. The van der Waals surface area contributed by atoms with E-state index in [1.807, 2.05) is 48.5 Å². The van der Waals surface area contributed by atoms with Crippen LogP contribution in [0.5, 0.6) is 5.75 Å². The molecule has 0 saturated carbocycles. The number of benzene rings is 3. The van der Waals surface area contributed by atoms with E-state index < -0.39 is 6.10 Å². The molecule has 0 spiro atoms. The first kappa shape index (κ1) is 18.0. The quantitative estimate of drug-likeness (QED) is 0.570. The summed E-state index contributed by atoms with van der Waals surface area (Å²) in [5, 5.41) is 8.90. The number of fused-ring (bicyclic) bond motifs is 1. The molecule has 0 N–H and O–H groups in total. The second kappa shape index (κ2) is 7.70. The molecule has 1 atom stereocenters. The van der Waals surface area contributed by atoms with Gasteiger partial charge in [0.25, 0.3) is 0 Å². The topological polar surface area (TPSA) is 50.1 Å². The Morgan fingerprint density at radius 1 is 0.929 bits per heavy atom. The van der Waals surface area contributed by atoms with Crippen LogP contribution < -0.4 is 4.74 Å². The molecule has 0 saturated heterocycles. The van der Waals surface area contributed by atoms with Crippen LogP contribution in [-0.4, -0.2) is 11.9 Å². The maximum atomic E-state index is 12.7. The Bertz CT molecular complexity index is 1040. The minimum Gasteiger partial charge on any atom is -0.483 e. The normalized spacial score (nSPS) is 13.4. The number of rotatable bonds is 5. The van der Waals surface area contributed by atoms with Crippen molar-refractivity contribution in [3.05, 3.63) is 89.0 Å². The lowest BCUT2D eigenvalue weighted by atomic mass is 10.0. The molecule has 1 aliphatic carbocycles. The summed E-state index contributed by atoms with van der Waals surface area (Å²) in [7, 11) is 0. The molecule has 0 amide bonds. The first-order chi connectivity index (χ1) is 13.6. The third-order valence-corrected chi connectivity index (χ3v) is 5.27. The first-order valence-electron chi connectivity index (χ1n) is 9.57. The summed E-state index contributed by atoms with van der Waals surface area (Å²) < 4.78 is 5.88. The van der Waals surface area contributed by atoms with Crippen LogP contribution in [0.4, 0.5) is 0 Å². The van der Waals surface area contributed by atoms with E-state index in [0.717, 1.165) is 29.5 Å². The first-order valence-corrected chi connectivity index (χ1v) is 9.57. The Kier molecular flexibility index (Phi) is 4.95. The van der Waals surface area contributed by atoms with Crippen LogP contribution in [0.1, 0.15) is 40.4 Å². The van der Waals surface area contributed by atoms with Crippen LogP contribution in [0.3, 0.4) is 0 Å². The molecule has 28 heavy (non-hydrogen) atoms. The number of nitriles is 1. The molecule has 3 aromatic carbocycles. The van der Waals surface area contributed by atoms with Crippen molar-refractivity contribution in [2.24, 2.45) is 0 Å². The van der Waals surface area contributed by atoms with Gasteiger partial charge in [-0.05, 0) is 78.8 Å². The minimum atomic E-state index is -0.541. The van der Waals surface area contributed by atoms with E-state index in [1.54, 1.807) is 19.1 Å². The van der Waals surface area contributed by atoms with Crippen LogP contribution in [0.15, 0.2) is 66.7 Å². The molecule has 138 valence electrons. The van der Waals surface area contributed by atoms with E-state index in [-0.39, 0.29) is 5.78 Å². The number of Topliss-reactive ketones (excluding diaryl/α,β-unsaturated/α-hetero) is 1. The highest BCUT2D eigenvalue weighted by molar-refractivity contribution is 5.99. The average molecular weight is 367 g/mol. The molecule has 0 bridgehead atoms. The highest BCUT2D eigenvalue weighted by atomic mass is 16.5. The van der Waals surface area contributed by atoms with Crippen molar-refractivity contribution < 1.29 is 9.53 Å². The van der Waals surface area contributed by atoms with Crippen molar-refractivity contribution in [1.82, 2.24) is 0 Å². The molecule has 0 heterocycles. The van der Waals surface area contributed by atoms with Crippen molar-refractivity contribution in [2.75, 3.05) is 0 Å². The van der Waals surface area contributed by atoms with Gasteiger partial charge in [0.1, 0.15) is 5.75 Å². The van der Waals surface area contributed by atoms with Gasteiger partial charge < -0.3 is 4.74 Å². The largest absolute Gasteiger partial charge is 0.483 e. The Balaban J connectivity index is 1.44. The summed E-state index contributed by atoms with van der Waals surface area (Å²) in [6.07, 6.45) is 2.80. The summed E-state index contributed by atoms with van der Waals surface area (Å²) in [6.45, 7) is 1.80. The Hall–Kier alpha value is -3.38. The Morgan fingerprint density at radius 2 is 1.57 bits per heavy atom. The molecule has 0 unspecified atom stereocenters. The fourth-order valence-corrected chi connectivity index (χ4v) is 3.68. The number of aryl methyl sites for hydroxylation is 2. The van der Waals surface area contributed by atoms with Gasteiger partial charge in [-0.3, -0.25) is 4.79 Å². The molecule has 0 fully saturated rings. The summed E-state index contributed by atoms with van der Waals surface area (Å²) in [5.41, 5.74) is 6.10. The van der Waals surface area contributed by atoms with Gasteiger partial charge in [0.15, 0.2) is 6.10 Å². The standard InChI is InChI=1S/C25H21NO2/c1-17(25(27)23-10-9-19-3-2-4-22(19)15-23)28-24-13-11-21(12-14-24)20-7-5-18(16-26)6-8-20/h5-15,17H,2-4H2,1H3/t17-/m0/s1. The maximum absolute atomic E-state index is 12.7. The van der Waals surface area contributed by atoms with Crippen LogP contribution in [0.25, 0.3) is 11.1 Å². The fourth-order valence-electron chi connectivity index (χ4n) is 3.68. The van der Waals surface area contributed by atoms with Crippen LogP contribution in [-0.2, 0) is 12.8 Å². The summed E-state index contributed by atoms with van der Waals surface area (Å²) >= 11 is 0. The SMILES string of the molecule is C[C@H](Oc1ccc(-c2ccc(C#N)cc2)cc1)C(=O)c1ccc2c(c1)CCC2. The van der Waals surface area contributed by atoms with Gasteiger partial charge in [0.05, 0.1) is 11.6 Å². The second-order valence-electron chi connectivity index (χ2n) is 7.17. The molecule has 3 aromatic rings.